The van der Waals surface area contributed by atoms with Crippen molar-refractivity contribution in [3.05, 3.63) is 22.7 Å². The summed E-state index contributed by atoms with van der Waals surface area (Å²) in [6, 6.07) is 1.66. The van der Waals surface area contributed by atoms with Crippen LogP contribution in [0.2, 0.25) is 0 Å². The summed E-state index contributed by atoms with van der Waals surface area (Å²) < 4.78 is 12.1. The van der Waals surface area contributed by atoms with Crippen molar-refractivity contribution < 1.29 is 14.3 Å². The zero-order valence-electron chi connectivity index (χ0n) is 12.9. The first-order chi connectivity index (χ1) is 10.5. The average molecular weight is 308 g/mol. The summed E-state index contributed by atoms with van der Waals surface area (Å²) >= 11 is 0. The summed E-state index contributed by atoms with van der Waals surface area (Å²) in [6.45, 7) is 1.56. The summed E-state index contributed by atoms with van der Waals surface area (Å²) in [4.78, 5) is 32.6. The van der Waals surface area contributed by atoms with Gasteiger partial charge in [0.25, 0.3) is 0 Å². The van der Waals surface area contributed by atoms with E-state index in [0.29, 0.717) is 12.2 Å². The Balaban J connectivity index is 2.01. The van der Waals surface area contributed by atoms with E-state index >= 15 is 0 Å². The lowest BCUT2D eigenvalue weighted by Gasteiger charge is -2.15. The molecule has 0 saturated carbocycles. The molecule has 2 heterocycles. The maximum atomic E-state index is 12.0. The monoisotopic (exact) mass is 308 g/mol. The zero-order chi connectivity index (χ0) is 16.1. The predicted octanol–water partition coefficient (Wildman–Crippen LogP) is 0.705. The van der Waals surface area contributed by atoms with Gasteiger partial charge in [-0.05, 0) is 18.9 Å². The lowest BCUT2D eigenvalue weighted by Crippen LogP contribution is -2.27. The van der Waals surface area contributed by atoms with Crippen LogP contribution in [0.1, 0.15) is 26.0 Å². The Kier molecular flexibility index (Phi) is 5.26. The molecule has 120 valence electrons. The minimum absolute atomic E-state index is 0.188. The number of hydrogen-bond donors (Lipinski definition) is 0. The number of esters is 1. The van der Waals surface area contributed by atoms with Gasteiger partial charge in [0.05, 0.1) is 12.4 Å². The number of nitrogens with zero attached hydrogens (tertiary/aromatic N) is 4. The predicted molar refractivity (Wildman–Crippen MR) is 80.1 cm³/mol. The number of aromatic nitrogens is 2. The SMILES string of the molecule is CC(=O)OC[C@@H]1CC[C@H](n2ccc(/N=C/N(C)C)nc2=O)O1. The van der Waals surface area contributed by atoms with Crippen LogP contribution in [0.25, 0.3) is 0 Å². The Bertz CT molecular complexity index is 611. The van der Waals surface area contributed by atoms with Crippen molar-refractivity contribution in [2.24, 2.45) is 4.99 Å². The number of rotatable bonds is 5. The molecule has 1 aliphatic heterocycles. The van der Waals surface area contributed by atoms with Gasteiger partial charge in [0.15, 0.2) is 5.82 Å². The standard InChI is InChI=1S/C14H20N4O4/c1-10(19)21-8-11-4-5-13(22-11)18-7-6-12(16-14(18)20)15-9-17(2)3/h6-7,9,11,13H,4-5,8H2,1-3H3/b15-9+/t11-,13+/m0/s1. The van der Waals surface area contributed by atoms with E-state index in [1.807, 2.05) is 14.1 Å². The Hall–Kier alpha value is -2.22. The van der Waals surface area contributed by atoms with E-state index in [1.165, 1.54) is 11.5 Å². The van der Waals surface area contributed by atoms with Gasteiger partial charge in [-0.3, -0.25) is 9.36 Å². The molecule has 22 heavy (non-hydrogen) atoms. The maximum absolute atomic E-state index is 12.0. The molecular weight excluding hydrogens is 288 g/mol. The second-order valence-electron chi connectivity index (χ2n) is 5.28. The molecule has 2 atom stereocenters. The minimum Gasteiger partial charge on any atom is -0.463 e. The summed E-state index contributed by atoms with van der Waals surface area (Å²) in [6.07, 6.45) is 4.03. The Morgan fingerprint density at radius 2 is 2.36 bits per heavy atom. The van der Waals surface area contributed by atoms with E-state index in [0.717, 1.165) is 6.42 Å². The molecule has 0 radical (unpaired) electrons. The molecule has 1 saturated heterocycles. The number of carbonyl (C=O) groups excluding carboxylic acids is 1. The zero-order valence-corrected chi connectivity index (χ0v) is 12.9. The highest BCUT2D eigenvalue weighted by atomic mass is 16.6. The molecule has 0 unspecified atom stereocenters. The first-order valence-corrected chi connectivity index (χ1v) is 7.04. The molecule has 1 aromatic rings. The number of hydrogen-bond acceptors (Lipinski definition) is 6. The second-order valence-corrected chi connectivity index (χ2v) is 5.28. The molecule has 0 spiro atoms. The van der Waals surface area contributed by atoms with Gasteiger partial charge < -0.3 is 14.4 Å². The van der Waals surface area contributed by atoms with Gasteiger partial charge in [-0.2, -0.15) is 4.98 Å². The quantitative estimate of drug-likeness (QED) is 0.452. The van der Waals surface area contributed by atoms with Crippen LogP contribution in [0.15, 0.2) is 22.1 Å². The molecule has 0 bridgehead atoms. The van der Waals surface area contributed by atoms with E-state index < -0.39 is 5.69 Å². The summed E-state index contributed by atoms with van der Waals surface area (Å²) in [5.41, 5.74) is -0.411. The van der Waals surface area contributed by atoms with E-state index in [4.69, 9.17) is 9.47 Å². The highest BCUT2D eigenvalue weighted by molar-refractivity contribution is 5.65. The smallest absolute Gasteiger partial charge is 0.351 e. The van der Waals surface area contributed by atoms with Crippen molar-refractivity contribution in [3.8, 4) is 0 Å². The molecule has 8 nitrogen and oxygen atoms in total. The largest absolute Gasteiger partial charge is 0.463 e. The molecule has 1 aliphatic rings. The fraction of sp³-hybridized carbons (Fsp3) is 0.571. The van der Waals surface area contributed by atoms with Crippen LogP contribution in [0, 0.1) is 0 Å². The van der Waals surface area contributed by atoms with Gasteiger partial charge in [0.1, 0.15) is 12.8 Å². The third-order valence-corrected chi connectivity index (χ3v) is 3.10. The molecule has 0 N–H and O–H groups in total. The Morgan fingerprint density at radius 1 is 1.59 bits per heavy atom. The van der Waals surface area contributed by atoms with E-state index in [-0.39, 0.29) is 24.9 Å². The van der Waals surface area contributed by atoms with Crippen molar-refractivity contribution in [2.45, 2.75) is 32.1 Å². The molecular formula is C14H20N4O4. The fourth-order valence-corrected chi connectivity index (χ4v) is 2.09. The lowest BCUT2D eigenvalue weighted by atomic mass is 10.2. The fourth-order valence-electron chi connectivity index (χ4n) is 2.09. The first kappa shape index (κ1) is 16.2. The molecule has 2 rings (SSSR count). The second kappa shape index (κ2) is 7.17. The highest BCUT2D eigenvalue weighted by Gasteiger charge is 2.28. The Labute approximate surface area is 128 Å². The third-order valence-electron chi connectivity index (χ3n) is 3.10. The third kappa shape index (κ3) is 4.39. The lowest BCUT2D eigenvalue weighted by molar-refractivity contribution is -0.145. The van der Waals surface area contributed by atoms with Gasteiger partial charge in [0.2, 0.25) is 0 Å². The molecule has 0 aromatic carbocycles. The van der Waals surface area contributed by atoms with Gasteiger partial charge in [0, 0.05) is 27.2 Å². The maximum Gasteiger partial charge on any atom is 0.351 e. The van der Waals surface area contributed by atoms with Crippen LogP contribution in [-0.2, 0) is 14.3 Å². The molecule has 1 fully saturated rings. The molecule has 1 aromatic heterocycles. The van der Waals surface area contributed by atoms with Crippen LogP contribution in [0.4, 0.5) is 5.82 Å². The van der Waals surface area contributed by atoms with E-state index in [2.05, 4.69) is 9.98 Å². The van der Waals surface area contributed by atoms with Crippen LogP contribution in [0.3, 0.4) is 0 Å². The van der Waals surface area contributed by atoms with Crippen molar-refractivity contribution in [1.82, 2.24) is 14.5 Å². The number of aliphatic imine (C=N–C) groups is 1. The van der Waals surface area contributed by atoms with Gasteiger partial charge in [-0.15, -0.1) is 0 Å². The normalized spacial score (nSPS) is 21.2. The highest BCUT2D eigenvalue weighted by Crippen LogP contribution is 2.27. The first-order valence-electron chi connectivity index (χ1n) is 7.04. The van der Waals surface area contributed by atoms with E-state index in [1.54, 1.807) is 23.5 Å². The topological polar surface area (TPSA) is 86.0 Å². The van der Waals surface area contributed by atoms with Gasteiger partial charge >= 0.3 is 11.7 Å². The van der Waals surface area contributed by atoms with Gasteiger partial charge in [-0.25, -0.2) is 9.79 Å². The van der Waals surface area contributed by atoms with E-state index in [9.17, 15) is 9.59 Å². The van der Waals surface area contributed by atoms with Crippen LogP contribution in [0.5, 0.6) is 0 Å². The number of ether oxygens (including phenoxy) is 2. The Morgan fingerprint density at radius 3 is 3.00 bits per heavy atom. The van der Waals surface area contributed by atoms with Crippen molar-refractivity contribution in [2.75, 3.05) is 20.7 Å². The molecule has 0 amide bonds. The van der Waals surface area contributed by atoms with Crippen molar-refractivity contribution in [3.63, 3.8) is 0 Å². The van der Waals surface area contributed by atoms with Crippen molar-refractivity contribution >= 4 is 18.1 Å². The van der Waals surface area contributed by atoms with Gasteiger partial charge in [-0.1, -0.05) is 0 Å². The average Bonchev–Trinajstić information content (AvgIpc) is 2.91. The van der Waals surface area contributed by atoms with Crippen LogP contribution < -0.4 is 5.69 Å². The van der Waals surface area contributed by atoms with Crippen molar-refractivity contribution in [1.29, 1.82) is 0 Å². The summed E-state index contributed by atoms with van der Waals surface area (Å²) in [5.74, 6) is 0.0124. The summed E-state index contributed by atoms with van der Waals surface area (Å²) in [5, 5.41) is 0. The molecule has 0 aliphatic carbocycles. The summed E-state index contributed by atoms with van der Waals surface area (Å²) in [7, 11) is 3.67. The molecule has 8 heteroatoms. The van der Waals surface area contributed by atoms with Crippen LogP contribution in [-0.4, -0.2) is 53.6 Å². The number of carbonyl (C=O) groups is 1. The minimum atomic E-state index is -0.411. The van der Waals surface area contributed by atoms with Crippen LogP contribution >= 0.6 is 0 Å².